The molecule has 2 rings (SSSR count). The van der Waals surface area contributed by atoms with Crippen LogP contribution in [0, 0.1) is 0 Å². The second kappa shape index (κ2) is 5.10. The topological polar surface area (TPSA) is 46.6 Å². The number of ether oxygens (including phenoxy) is 1. The molecule has 1 aliphatic rings. The van der Waals surface area contributed by atoms with Crippen LogP contribution in [0.3, 0.4) is 0 Å². The molecule has 0 bridgehead atoms. The number of rotatable bonds is 3. The van der Waals surface area contributed by atoms with Crippen molar-refractivity contribution in [3.8, 4) is 0 Å². The van der Waals surface area contributed by atoms with Gasteiger partial charge < -0.3 is 4.74 Å². The minimum Gasteiger partial charge on any atom is -0.380 e. The third-order valence-corrected chi connectivity index (χ3v) is 2.92. The second-order valence-corrected chi connectivity index (χ2v) is 4.13. The van der Waals surface area contributed by atoms with Crippen molar-refractivity contribution in [2.75, 3.05) is 7.11 Å². The lowest BCUT2D eigenvalue weighted by Crippen LogP contribution is -2.44. The van der Waals surface area contributed by atoms with Gasteiger partial charge in [-0.2, -0.15) is 0 Å². The fourth-order valence-electron chi connectivity index (χ4n) is 1.93. The Labute approximate surface area is 100 Å². The molecule has 4 nitrogen and oxygen atoms in total. The number of amides is 2. The van der Waals surface area contributed by atoms with Crippen LogP contribution >= 0.6 is 0 Å². The zero-order valence-electron chi connectivity index (χ0n) is 9.76. The molecule has 0 aliphatic carbocycles. The Hall–Kier alpha value is -1.68. The summed E-state index contributed by atoms with van der Waals surface area (Å²) in [4.78, 5) is 24.9. The van der Waals surface area contributed by atoms with Gasteiger partial charge in [-0.25, -0.2) is 0 Å². The van der Waals surface area contributed by atoms with Gasteiger partial charge in [-0.15, -0.1) is 0 Å². The van der Waals surface area contributed by atoms with Crippen molar-refractivity contribution in [3.05, 3.63) is 35.9 Å². The number of methoxy groups -OCH3 is 1. The second-order valence-electron chi connectivity index (χ2n) is 4.13. The Bertz CT molecular complexity index is 398. The third kappa shape index (κ3) is 2.71. The molecule has 17 heavy (non-hydrogen) atoms. The zero-order valence-corrected chi connectivity index (χ0v) is 9.76. The maximum absolute atomic E-state index is 11.8. The Morgan fingerprint density at radius 3 is 2.29 bits per heavy atom. The quantitative estimate of drug-likeness (QED) is 0.740. The normalized spacial score (nSPS) is 17.6. The van der Waals surface area contributed by atoms with Crippen molar-refractivity contribution in [1.82, 2.24) is 4.90 Å². The number of piperidine rings is 1. The Kier molecular flexibility index (Phi) is 3.54. The van der Waals surface area contributed by atoms with E-state index in [0.717, 1.165) is 5.56 Å². The van der Waals surface area contributed by atoms with E-state index in [1.54, 1.807) is 0 Å². The summed E-state index contributed by atoms with van der Waals surface area (Å²) in [5, 5.41) is 0. The van der Waals surface area contributed by atoms with E-state index in [1.165, 1.54) is 12.0 Å². The number of imide groups is 1. The first-order valence-electron chi connectivity index (χ1n) is 5.60. The number of likely N-dealkylation sites (tertiary alicyclic amines) is 1. The average Bonchev–Trinajstić information content (AvgIpc) is 2.35. The highest BCUT2D eigenvalue weighted by Crippen LogP contribution is 2.18. The first kappa shape index (κ1) is 11.8. The summed E-state index contributed by atoms with van der Waals surface area (Å²) in [6.45, 7) is 0.356. The Morgan fingerprint density at radius 1 is 1.18 bits per heavy atom. The van der Waals surface area contributed by atoms with E-state index in [4.69, 9.17) is 4.74 Å². The number of benzene rings is 1. The summed E-state index contributed by atoms with van der Waals surface area (Å²) in [5.74, 6) is -0.311. The number of carbonyl (C=O) groups excluding carboxylic acids is 2. The molecule has 1 aliphatic heterocycles. The predicted octanol–water partition coefficient (Wildman–Crippen LogP) is 1.35. The molecule has 90 valence electrons. The number of nitrogens with zero attached hydrogens (tertiary/aromatic N) is 1. The van der Waals surface area contributed by atoms with Gasteiger partial charge in [0.2, 0.25) is 11.8 Å². The van der Waals surface area contributed by atoms with Crippen molar-refractivity contribution >= 4 is 11.8 Å². The van der Waals surface area contributed by atoms with Gasteiger partial charge >= 0.3 is 0 Å². The van der Waals surface area contributed by atoms with Gasteiger partial charge in [0.05, 0.1) is 25.5 Å². The van der Waals surface area contributed by atoms with Gasteiger partial charge in [0, 0.05) is 7.11 Å². The van der Waals surface area contributed by atoms with E-state index in [9.17, 15) is 9.59 Å². The van der Waals surface area contributed by atoms with Gasteiger partial charge in [0.1, 0.15) is 0 Å². The van der Waals surface area contributed by atoms with Crippen molar-refractivity contribution in [2.45, 2.75) is 25.5 Å². The SMILES string of the molecule is COC1CC(=O)N(Cc2ccccc2)C(=O)C1. The van der Waals surface area contributed by atoms with Gasteiger partial charge in [0.15, 0.2) is 0 Å². The monoisotopic (exact) mass is 233 g/mol. The third-order valence-electron chi connectivity index (χ3n) is 2.92. The van der Waals surface area contributed by atoms with Crippen molar-refractivity contribution in [3.63, 3.8) is 0 Å². The lowest BCUT2D eigenvalue weighted by Gasteiger charge is -2.29. The van der Waals surface area contributed by atoms with Gasteiger partial charge in [-0.1, -0.05) is 30.3 Å². The van der Waals surface area contributed by atoms with Crippen LogP contribution in [0.4, 0.5) is 0 Å². The smallest absolute Gasteiger partial charge is 0.232 e. The molecule has 0 N–H and O–H groups in total. The molecule has 0 atom stereocenters. The molecule has 4 heteroatoms. The first-order valence-corrected chi connectivity index (χ1v) is 5.60. The first-order chi connectivity index (χ1) is 8.20. The van der Waals surface area contributed by atoms with Crippen LogP contribution in [0.15, 0.2) is 30.3 Å². The van der Waals surface area contributed by atoms with E-state index >= 15 is 0 Å². The molecule has 1 aromatic carbocycles. The molecule has 2 amide bonds. The van der Waals surface area contributed by atoms with Crippen LogP contribution in [0.2, 0.25) is 0 Å². The van der Waals surface area contributed by atoms with Gasteiger partial charge in [0.25, 0.3) is 0 Å². The van der Waals surface area contributed by atoms with Crippen LogP contribution < -0.4 is 0 Å². The summed E-state index contributed by atoms with van der Waals surface area (Å²) in [6.07, 6.45) is 0.312. The number of hydrogen-bond acceptors (Lipinski definition) is 3. The molecular formula is C13H15NO3. The summed E-state index contributed by atoms with van der Waals surface area (Å²) in [5.41, 5.74) is 0.963. The van der Waals surface area contributed by atoms with Gasteiger partial charge in [-0.3, -0.25) is 14.5 Å². The number of hydrogen-bond donors (Lipinski definition) is 0. The van der Waals surface area contributed by atoms with E-state index in [-0.39, 0.29) is 30.8 Å². The van der Waals surface area contributed by atoms with Crippen LogP contribution in [-0.2, 0) is 20.9 Å². The summed E-state index contributed by atoms with van der Waals surface area (Å²) in [6, 6.07) is 9.51. The Balaban J connectivity index is 2.07. The van der Waals surface area contributed by atoms with E-state index in [2.05, 4.69) is 0 Å². The highest BCUT2D eigenvalue weighted by molar-refractivity contribution is 5.98. The van der Waals surface area contributed by atoms with Crippen molar-refractivity contribution < 1.29 is 14.3 Å². The van der Waals surface area contributed by atoms with E-state index in [1.807, 2.05) is 30.3 Å². The van der Waals surface area contributed by atoms with Crippen molar-refractivity contribution in [2.24, 2.45) is 0 Å². The molecule has 0 saturated carbocycles. The predicted molar refractivity (Wildman–Crippen MR) is 62.0 cm³/mol. The van der Waals surface area contributed by atoms with Crippen LogP contribution in [-0.4, -0.2) is 29.9 Å². The van der Waals surface area contributed by atoms with Crippen molar-refractivity contribution in [1.29, 1.82) is 0 Å². The molecule has 0 unspecified atom stereocenters. The standard InChI is InChI=1S/C13H15NO3/c1-17-11-7-12(15)14(13(16)8-11)9-10-5-3-2-4-6-10/h2-6,11H,7-9H2,1H3. The highest BCUT2D eigenvalue weighted by atomic mass is 16.5. The lowest BCUT2D eigenvalue weighted by atomic mass is 10.1. The molecule has 0 aromatic heterocycles. The van der Waals surface area contributed by atoms with Gasteiger partial charge in [-0.05, 0) is 5.56 Å². The molecule has 0 spiro atoms. The highest BCUT2D eigenvalue weighted by Gasteiger charge is 2.32. The summed E-state index contributed by atoms with van der Waals surface area (Å²) < 4.78 is 5.06. The largest absolute Gasteiger partial charge is 0.380 e. The number of carbonyl (C=O) groups is 2. The summed E-state index contributed by atoms with van der Waals surface area (Å²) >= 11 is 0. The van der Waals surface area contributed by atoms with E-state index in [0.29, 0.717) is 6.54 Å². The maximum atomic E-state index is 11.8. The fraction of sp³-hybridized carbons (Fsp3) is 0.385. The fourth-order valence-corrected chi connectivity index (χ4v) is 1.93. The maximum Gasteiger partial charge on any atom is 0.232 e. The Morgan fingerprint density at radius 2 is 1.76 bits per heavy atom. The van der Waals surface area contributed by atoms with Crippen LogP contribution in [0.1, 0.15) is 18.4 Å². The van der Waals surface area contributed by atoms with Crippen LogP contribution in [0.25, 0.3) is 0 Å². The molecular weight excluding hydrogens is 218 g/mol. The average molecular weight is 233 g/mol. The minimum absolute atomic E-state index is 0.156. The minimum atomic E-state index is -0.262. The zero-order chi connectivity index (χ0) is 12.3. The van der Waals surface area contributed by atoms with E-state index < -0.39 is 0 Å². The molecule has 1 aromatic rings. The van der Waals surface area contributed by atoms with Crippen LogP contribution in [0.5, 0.6) is 0 Å². The lowest BCUT2D eigenvalue weighted by molar-refractivity contribution is -0.153. The molecule has 1 saturated heterocycles. The molecule has 1 fully saturated rings. The summed E-state index contributed by atoms with van der Waals surface area (Å²) in [7, 11) is 1.53. The molecule has 0 radical (unpaired) electrons. The molecule has 1 heterocycles.